The lowest BCUT2D eigenvalue weighted by Gasteiger charge is -2.11. The van der Waals surface area contributed by atoms with Gasteiger partial charge in [0.05, 0.1) is 6.42 Å². The van der Waals surface area contributed by atoms with Gasteiger partial charge in [-0.25, -0.2) is 0 Å². The van der Waals surface area contributed by atoms with Gasteiger partial charge in [0, 0.05) is 13.2 Å². The van der Waals surface area contributed by atoms with Crippen molar-refractivity contribution in [1.82, 2.24) is 0 Å². The average molecular weight is 160 g/mol. The molecule has 0 aromatic carbocycles. The van der Waals surface area contributed by atoms with E-state index in [4.69, 9.17) is 14.6 Å². The van der Waals surface area contributed by atoms with Gasteiger partial charge in [0.25, 0.3) is 0 Å². The highest BCUT2D eigenvalue weighted by molar-refractivity contribution is 5.67. The SMILES string of the molecule is O=C(O)CC1OCCCCO1. The van der Waals surface area contributed by atoms with Gasteiger partial charge < -0.3 is 14.6 Å². The zero-order chi connectivity index (χ0) is 8.10. The second kappa shape index (κ2) is 4.31. The Hall–Kier alpha value is -0.610. The number of rotatable bonds is 2. The lowest BCUT2D eigenvalue weighted by atomic mass is 10.3. The van der Waals surface area contributed by atoms with Crippen molar-refractivity contribution in [3.63, 3.8) is 0 Å². The lowest BCUT2D eigenvalue weighted by molar-refractivity contribution is -0.160. The van der Waals surface area contributed by atoms with Crippen LogP contribution in [0, 0.1) is 0 Å². The summed E-state index contributed by atoms with van der Waals surface area (Å²) in [5.41, 5.74) is 0. The van der Waals surface area contributed by atoms with E-state index in [9.17, 15) is 4.79 Å². The van der Waals surface area contributed by atoms with Crippen molar-refractivity contribution in [3.8, 4) is 0 Å². The molecule has 0 spiro atoms. The van der Waals surface area contributed by atoms with Crippen molar-refractivity contribution >= 4 is 5.97 Å². The fourth-order valence-electron chi connectivity index (χ4n) is 0.942. The number of hydrogen-bond acceptors (Lipinski definition) is 3. The van der Waals surface area contributed by atoms with E-state index >= 15 is 0 Å². The predicted octanol–water partition coefficient (Wildman–Crippen LogP) is 0.614. The first kappa shape index (κ1) is 8.49. The topological polar surface area (TPSA) is 55.8 Å². The maximum absolute atomic E-state index is 10.2. The van der Waals surface area contributed by atoms with Crippen LogP contribution in [-0.2, 0) is 14.3 Å². The molecule has 64 valence electrons. The maximum atomic E-state index is 10.2. The molecule has 0 aliphatic carbocycles. The van der Waals surface area contributed by atoms with E-state index in [2.05, 4.69) is 0 Å². The molecule has 11 heavy (non-hydrogen) atoms. The van der Waals surface area contributed by atoms with Crippen LogP contribution in [-0.4, -0.2) is 30.6 Å². The molecule has 0 bridgehead atoms. The molecule has 1 N–H and O–H groups in total. The standard InChI is InChI=1S/C7H12O4/c8-6(9)5-7-10-3-1-2-4-11-7/h7H,1-5H2,(H,8,9). The van der Waals surface area contributed by atoms with Crippen LogP contribution < -0.4 is 0 Å². The zero-order valence-electron chi connectivity index (χ0n) is 6.28. The van der Waals surface area contributed by atoms with Gasteiger partial charge in [0.2, 0.25) is 0 Å². The largest absolute Gasteiger partial charge is 0.481 e. The molecule has 1 saturated heterocycles. The third-order valence-corrected chi connectivity index (χ3v) is 1.49. The summed E-state index contributed by atoms with van der Waals surface area (Å²) in [5.74, 6) is -0.878. The Morgan fingerprint density at radius 2 is 1.91 bits per heavy atom. The van der Waals surface area contributed by atoms with E-state index in [-0.39, 0.29) is 6.42 Å². The normalized spacial score (nSPS) is 21.1. The third-order valence-electron chi connectivity index (χ3n) is 1.49. The summed E-state index contributed by atoms with van der Waals surface area (Å²) in [6, 6.07) is 0. The van der Waals surface area contributed by atoms with Gasteiger partial charge in [-0.05, 0) is 12.8 Å². The second-order valence-electron chi connectivity index (χ2n) is 2.48. The molecular weight excluding hydrogens is 148 g/mol. The molecule has 1 aliphatic rings. The van der Waals surface area contributed by atoms with Crippen molar-refractivity contribution in [1.29, 1.82) is 0 Å². The first-order chi connectivity index (χ1) is 5.29. The van der Waals surface area contributed by atoms with Crippen LogP contribution in [0.25, 0.3) is 0 Å². The Bertz CT molecular complexity index is 126. The monoisotopic (exact) mass is 160 g/mol. The minimum absolute atomic E-state index is 0.0556. The number of carbonyl (C=O) groups is 1. The van der Waals surface area contributed by atoms with Crippen LogP contribution >= 0.6 is 0 Å². The maximum Gasteiger partial charge on any atom is 0.308 e. The summed E-state index contributed by atoms with van der Waals surface area (Å²) in [7, 11) is 0. The van der Waals surface area contributed by atoms with Crippen molar-refractivity contribution in [2.75, 3.05) is 13.2 Å². The smallest absolute Gasteiger partial charge is 0.308 e. The number of aliphatic carboxylic acids is 1. The second-order valence-corrected chi connectivity index (χ2v) is 2.48. The molecule has 0 saturated carbocycles. The molecule has 0 amide bonds. The van der Waals surface area contributed by atoms with Crippen LogP contribution in [0.1, 0.15) is 19.3 Å². The van der Waals surface area contributed by atoms with Gasteiger partial charge in [-0.2, -0.15) is 0 Å². The van der Waals surface area contributed by atoms with Gasteiger partial charge >= 0.3 is 5.97 Å². The molecule has 4 heteroatoms. The lowest BCUT2D eigenvalue weighted by Crippen LogP contribution is -2.19. The van der Waals surface area contributed by atoms with Gasteiger partial charge in [-0.1, -0.05) is 0 Å². The van der Waals surface area contributed by atoms with Crippen LogP contribution in [0.2, 0.25) is 0 Å². The molecule has 0 atom stereocenters. The summed E-state index contributed by atoms with van der Waals surface area (Å²) in [5, 5.41) is 8.40. The van der Waals surface area contributed by atoms with Crippen LogP contribution in [0.4, 0.5) is 0 Å². The summed E-state index contributed by atoms with van der Waals surface area (Å²) in [6.45, 7) is 1.22. The number of carboxylic acids is 1. The van der Waals surface area contributed by atoms with E-state index in [0.717, 1.165) is 12.8 Å². The van der Waals surface area contributed by atoms with Gasteiger partial charge in [0.15, 0.2) is 6.29 Å². The van der Waals surface area contributed by atoms with Crippen molar-refractivity contribution in [2.24, 2.45) is 0 Å². The van der Waals surface area contributed by atoms with Crippen LogP contribution in [0.5, 0.6) is 0 Å². The Labute approximate surface area is 65.1 Å². The molecule has 0 aromatic rings. The first-order valence-electron chi connectivity index (χ1n) is 3.74. The third kappa shape index (κ3) is 3.34. The highest BCUT2D eigenvalue weighted by Crippen LogP contribution is 2.08. The van der Waals surface area contributed by atoms with E-state index in [1.165, 1.54) is 0 Å². The van der Waals surface area contributed by atoms with Gasteiger partial charge in [-0.3, -0.25) is 4.79 Å². The highest BCUT2D eigenvalue weighted by Gasteiger charge is 2.15. The number of carboxylic acid groups (broad SMARTS) is 1. The Morgan fingerprint density at radius 1 is 1.36 bits per heavy atom. The molecule has 1 heterocycles. The molecule has 0 radical (unpaired) electrons. The summed E-state index contributed by atoms with van der Waals surface area (Å²) in [6.07, 6.45) is 1.32. The fourth-order valence-corrected chi connectivity index (χ4v) is 0.942. The summed E-state index contributed by atoms with van der Waals surface area (Å²) >= 11 is 0. The Morgan fingerprint density at radius 3 is 2.36 bits per heavy atom. The van der Waals surface area contributed by atoms with Gasteiger partial charge in [0.1, 0.15) is 0 Å². The molecule has 0 aromatic heterocycles. The minimum atomic E-state index is -0.878. The molecule has 1 aliphatic heterocycles. The zero-order valence-corrected chi connectivity index (χ0v) is 6.28. The molecule has 1 fully saturated rings. The number of hydrogen-bond donors (Lipinski definition) is 1. The summed E-state index contributed by atoms with van der Waals surface area (Å²) in [4.78, 5) is 10.2. The Balaban J connectivity index is 2.25. The van der Waals surface area contributed by atoms with Crippen molar-refractivity contribution in [2.45, 2.75) is 25.6 Å². The predicted molar refractivity (Wildman–Crippen MR) is 37.2 cm³/mol. The fraction of sp³-hybridized carbons (Fsp3) is 0.857. The van der Waals surface area contributed by atoms with E-state index in [0.29, 0.717) is 13.2 Å². The summed E-state index contributed by atoms with van der Waals surface area (Å²) < 4.78 is 10.2. The van der Waals surface area contributed by atoms with E-state index in [1.54, 1.807) is 0 Å². The highest BCUT2D eigenvalue weighted by atomic mass is 16.7. The first-order valence-corrected chi connectivity index (χ1v) is 3.74. The van der Waals surface area contributed by atoms with Crippen molar-refractivity contribution < 1.29 is 19.4 Å². The van der Waals surface area contributed by atoms with Crippen LogP contribution in [0.15, 0.2) is 0 Å². The Kier molecular flexibility index (Phi) is 3.32. The van der Waals surface area contributed by atoms with E-state index < -0.39 is 12.3 Å². The number of ether oxygens (including phenoxy) is 2. The molecular formula is C7H12O4. The minimum Gasteiger partial charge on any atom is -0.481 e. The molecule has 4 nitrogen and oxygen atoms in total. The van der Waals surface area contributed by atoms with Crippen LogP contribution in [0.3, 0.4) is 0 Å². The quantitative estimate of drug-likeness (QED) is 0.643. The van der Waals surface area contributed by atoms with Crippen molar-refractivity contribution in [3.05, 3.63) is 0 Å². The van der Waals surface area contributed by atoms with E-state index in [1.807, 2.05) is 0 Å². The molecule has 0 unspecified atom stereocenters. The van der Waals surface area contributed by atoms with Gasteiger partial charge in [-0.15, -0.1) is 0 Å². The molecule has 1 rings (SSSR count). The average Bonchev–Trinajstić information content (AvgIpc) is 2.14.